The van der Waals surface area contributed by atoms with Crippen molar-refractivity contribution in [3.8, 4) is 0 Å². The first kappa shape index (κ1) is 44.0. The third kappa shape index (κ3) is 16.7. The van der Waals surface area contributed by atoms with E-state index in [0.717, 1.165) is 32.1 Å². The molecule has 1 saturated carbocycles. The van der Waals surface area contributed by atoms with Gasteiger partial charge in [0, 0.05) is 0 Å². The van der Waals surface area contributed by atoms with Crippen molar-refractivity contribution >= 4 is 15.9 Å². The molecule has 0 bridgehead atoms. The molecular formula is C41H84O6P2. The van der Waals surface area contributed by atoms with Crippen LogP contribution in [0.1, 0.15) is 239 Å². The summed E-state index contributed by atoms with van der Waals surface area (Å²) in [5, 5.41) is 0. The molecule has 8 heteroatoms. The number of hydrogen-bond acceptors (Lipinski definition) is 6. The van der Waals surface area contributed by atoms with Crippen molar-refractivity contribution in [2.75, 3.05) is 12.3 Å². The fourth-order valence-corrected chi connectivity index (χ4v) is 13.9. The molecule has 0 spiro atoms. The Morgan fingerprint density at radius 3 is 0.776 bits per heavy atom. The van der Waals surface area contributed by atoms with E-state index in [1.807, 2.05) is 0 Å². The summed E-state index contributed by atoms with van der Waals surface area (Å²) in [6, 6.07) is 0. The van der Waals surface area contributed by atoms with Gasteiger partial charge in [-0.25, -0.2) is 0 Å². The molecule has 2 N–H and O–H groups in total. The van der Waals surface area contributed by atoms with Gasteiger partial charge in [0.1, 0.15) is 0 Å². The first-order chi connectivity index (χ1) is 23.9. The van der Waals surface area contributed by atoms with Gasteiger partial charge in [0.2, 0.25) is 0 Å². The Bertz CT molecular complexity index is 737. The molecule has 6 nitrogen and oxygen atoms in total. The van der Waals surface area contributed by atoms with Gasteiger partial charge in [0.15, 0.2) is 0 Å². The van der Waals surface area contributed by atoms with Crippen molar-refractivity contribution in [3.05, 3.63) is 0 Å². The van der Waals surface area contributed by atoms with Crippen molar-refractivity contribution in [1.82, 2.24) is 0 Å². The predicted molar refractivity (Wildman–Crippen MR) is 214 cm³/mol. The average molecular weight is 735 g/mol. The van der Waals surface area contributed by atoms with Crippen LogP contribution < -0.4 is 0 Å². The molecule has 2 aliphatic heterocycles. The van der Waals surface area contributed by atoms with E-state index >= 15 is 0 Å². The Morgan fingerprint density at radius 1 is 0.347 bits per heavy atom. The number of hydrogen-bond donors (Lipinski definition) is 2. The van der Waals surface area contributed by atoms with Gasteiger partial charge in [0.05, 0.1) is 0 Å². The summed E-state index contributed by atoms with van der Waals surface area (Å²) in [5.74, 6) is -2.17. The second-order valence-electron chi connectivity index (χ2n) is 16.3. The van der Waals surface area contributed by atoms with Gasteiger partial charge < -0.3 is 0 Å². The molecule has 0 aromatic carbocycles. The van der Waals surface area contributed by atoms with Crippen LogP contribution in [0.15, 0.2) is 0 Å². The summed E-state index contributed by atoms with van der Waals surface area (Å²) in [4.78, 5) is 22.7. The molecule has 3 fully saturated rings. The van der Waals surface area contributed by atoms with Crippen molar-refractivity contribution in [2.45, 2.75) is 250 Å². The Balaban J connectivity index is 1.15. The Kier molecular flexibility index (Phi) is 23.0. The summed E-state index contributed by atoms with van der Waals surface area (Å²) >= 11 is 0. The molecule has 0 aromatic rings. The summed E-state index contributed by atoms with van der Waals surface area (Å²) < 4.78 is 25.3. The predicted octanol–water partition coefficient (Wildman–Crippen LogP) is 14.2. The summed E-state index contributed by atoms with van der Waals surface area (Å²) in [7, 11) is -6.76. The summed E-state index contributed by atoms with van der Waals surface area (Å²) in [6.45, 7) is 4.57. The molecule has 1 aliphatic carbocycles. The van der Waals surface area contributed by atoms with Gasteiger partial charge >= 0.3 is 228 Å². The first-order valence-electron chi connectivity index (χ1n) is 22.2. The second-order valence-corrected chi connectivity index (χ2v) is 21.0. The molecule has 3 rings (SSSR count). The van der Waals surface area contributed by atoms with Crippen LogP contribution in [0.4, 0.5) is 0 Å². The fraction of sp³-hybridized carbons (Fsp3) is 1.00. The summed E-state index contributed by atoms with van der Waals surface area (Å²) in [5.41, 5.74) is 0. The van der Waals surface area contributed by atoms with Gasteiger partial charge in [-0.2, -0.15) is 0 Å². The summed E-state index contributed by atoms with van der Waals surface area (Å²) in [6.07, 6.45) is 45.7. The molecular weight excluding hydrogens is 650 g/mol. The number of rotatable bonds is 34. The normalized spacial score (nSPS) is 25.1. The van der Waals surface area contributed by atoms with Crippen molar-refractivity contribution in [2.24, 2.45) is 0 Å². The zero-order chi connectivity index (χ0) is 35.0. The zero-order valence-corrected chi connectivity index (χ0v) is 34.7. The minimum atomic E-state index is -3.38. The second kappa shape index (κ2) is 25.6. The molecule has 0 amide bonds. The van der Waals surface area contributed by atoms with Crippen LogP contribution in [0.2, 0.25) is 0 Å². The van der Waals surface area contributed by atoms with Gasteiger partial charge in [-0.05, 0) is 0 Å². The molecule has 294 valence electrons. The molecule has 3 aliphatic rings. The van der Waals surface area contributed by atoms with Crippen LogP contribution in [0, 0.1) is 0 Å². The van der Waals surface area contributed by atoms with E-state index < -0.39 is 27.5 Å². The SMILES string of the molecule is CCCCCCCCCCCCCCCCCC[PH]1(O)OC23CCCC2(O1)O[PH](O)(CCCCCCCCCCCCCCCCCC)O3. The van der Waals surface area contributed by atoms with Crippen molar-refractivity contribution in [3.63, 3.8) is 0 Å². The third-order valence-electron chi connectivity index (χ3n) is 11.6. The van der Waals surface area contributed by atoms with Crippen LogP contribution in [0.25, 0.3) is 0 Å². The van der Waals surface area contributed by atoms with Crippen LogP contribution in [0.3, 0.4) is 0 Å². The van der Waals surface area contributed by atoms with Gasteiger partial charge in [-0.3, -0.25) is 0 Å². The van der Waals surface area contributed by atoms with E-state index in [1.54, 1.807) is 0 Å². The first-order valence-corrected chi connectivity index (χ1v) is 26.1. The minimum absolute atomic E-state index is 0.556. The van der Waals surface area contributed by atoms with E-state index in [-0.39, 0.29) is 0 Å². The molecule has 0 atom stereocenters. The van der Waals surface area contributed by atoms with E-state index in [9.17, 15) is 9.79 Å². The topological polar surface area (TPSA) is 77.4 Å². The average Bonchev–Trinajstić information content (AvgIpc) is 3.58. The maximum atomic E-state index is 11.4. The monoisotopic (exact) mass is 735 g/mol. The standard InChI is InChI=1S/C41H84O6P2/c1-3-5-7-9-11-13-15-17-19-21-23-25-27-29-31-33-38-48(42)44-40-36-35-37-41(40,45-48)47-49(43,46-40)39-34-32-30-28-26-24-22-20-18-16-14-12-10-8-6-4-2/h42-43,48-49H,3-39H2,1-2H3. The maximum absolute atomic E-state index is 11.4. The number of unbranched alkanes of at least 4 members (excludes halogenated alkanes) is 30. The fourth-order valence-electron chi connectivity index (χ4n) is 8.56. The third-order valence-corrected chi connectivity index (χ3v) is 16.1. The Hall–Kier alpha value is 0.620. The quantitative estimate of drug-likeness (QED) is 0.0506. The van der Waals surface area contributed by atoms with Gasteiger partial charge in [0.25, 0.3) is 0 Å². The molecule has 0 aromatic heterocycles. The molecule has 0 unspecified atom stereocenters. The van der Waals surface area contributed by atoms with Crippen molar-refractivity contribution in [1.29, 1.82) is 0 Å². The van der Waals surface area contributed by atoms with Gasteiger partial charge in [-0.15, -0.1) is 0 Å². The van der Waals surface area contributed by atoms with Crippen LogP contribution in [-0.2, 0) is 18.1 Å². The Labute approximate surface area is 305 Å². The molecule has 49 heavy (non-hydrogen) atoms. The molecule has 2 heterocycles. The van der Waals surface area contributed by atoms with Crippen LogP contribution in [-0.4, -0.2) is 33.7 Å². The zero-order valence-electron chi connectivity index (χ0n) is 32.7. The van der Waals surface area contributed by atoms with Gasteiger partial charge in [-0.1, -0.05) is 78.1 Å². The van der Waals surface area contributed by atoms with Crippen molar-refractivity contribution < 1.29 is 27.9 Å². The van der Waals surface area contributed by atoms with E-state index in [1.165, 1.54) is 180 Å². The van der Waals surface area contributed by atoms with Crippen LogP contribution in [0.5, 0.6) is 0 Å². The molecule has 0 radical (unpaired) electrons. The molecule has 2 saturated heterocycles. The van der Waals surface area contributed by atoms with E-state index in [4.69, 9.17) is 18.1 Å². The van der Waals surface area contributed by atoms with Crippen LogP contribution >= 0.6 is 15.9 Å². The Morgan fingerprint density at radius 2 is 0.551 bits per heavy atom. The van der Waals surface area contributed by atoms with E-state index in [0.29, 0.717) is 25.2 Å². The van der Waals surface area contributed by atoms with E-state index in [2.05, 4.69) is 13.8 Å².